The molecule has 3 fully saturated rings. The zero-order valence-electron chi connectivity index (χ0n) is 12.8. The molecule has 0 saturated heterocycles. The molecule has 20 heavy (non-hydrogen) atoms. The van der Waals surface area contributed by atoms with Gasteiger partial charge in [0, 0.05) is 5.25 Å². The highest BCUT2D eigenvalue weighted by atomic mass is 32.1. The van der Waals surface area contributed by atoms with Gasteiger partial charge in [-0.3, -0.25) is 0 Å². The zero-order chi connectivity index (χ0) is 13.9. The van der Waals surface area contributed by atoms with Crippen molar-refractivity contribution in [3.63, 3.8) is 0 Å². The smallest absolute Gasteiger partial charge is 0.103 e. The minimum atomic E-state index is -0.503. The summed E-state index contributed by atoms with van der Waals surface area (Å²) in [6.07, 6.45) is 14.7. The van der Waals surface area contributed by atoms with Gasteiger partial charge >= 0.3 is 0 Å². The van der Waals surface area contributed by atoms with E-state index in [9.17, 15) is 4.39 Å². The van der Waals surface area contributed by atoms with E-state index < -0.39 is 6.17 Å². The summed E-state index contributed by atoms with van der Waals surface area (Å²) < 4.78 is 14.7. The number of rotatable bonds is 2. The Morgan fingerprint density at radius 1 is 0.650 bits per heavy atom. The van der Waals surface area contributed by atoms with Crippen LogP contribution >= 0.6 is 12.6 Å². The fraction of sp³-hybridized carbons (Fsp3) is 1.00. The van der Waals surface area contributed by atoms with E-state index in [2.05, 4.69) is 12.6 Å². The normalized spacial score (nSPS) is 44.4. The lowest BCUT2D eigenvalue weighted by Crippen LogP contribution is -2.36. The third-order valence-electron chi connectivity index (χ3n) is 6.53. The predicted octanol–water partition coefficient (Wildman–Crippen LogP) is 5.81. The molecule has 3 saturated carbocycles. The van der Waals surface area contributed by atoms with E-state index >= 15 is 0 Å². The van der Waals surface area contributed by atoms with Crippen LogP contribution in [0.4, 0.5) is 4.39 Å². The van der Waals surface area contributed by atoms with Gasteiger partial charge in [-0.05, 0) is 68.6 Å². The minimum Gasteiger partial charge on any atom is -0.247 e. The number of halogens is 1. The fourth-order valence-corrected chi connectivity index (χ4v) is 5.56. The molecule has 3 unspecified atom stereocenters. The Balaban J connectivity index is 1.51. The van der Waals surface area contributed by atoms with Crippen LogP contribution in [0, 0.1) is 23.7 Å². The van der Waals surface area contributed by atoms with Gasteiger partial charge in [0.15, 0.2) is 0 Å². The van der Waals surface area contributed by atoms with Crippen LogP contribution in [0.3, 0.4) is 0 Å². The van der Waals surface area contributed by atoms with Crippen LogP contribution in [0.2, 0.25) is 0 Å². The first kappa shape index (κ1) is 15.2. The molecule has 0 aromatic rings. The van der Waals surface area contributed by atoms with Crippen LogP contribution < -0.4 is 0 Å². The molecule has 0 spiro atoms. The van der Waals surface area contributed by atoms with Crippen LogP contribution in [0.5, 0.6) is 0 Å². The Bertz CT molecular complexity index is 292. The lowest BCUT2D eigenvalue weighted by atomic mass is 9.66. The summed E-state index contributed by atoms with van der Waals surface area (Å²) >= 11 is 4.58. The van der Waals surface area contributed by atoms with Crippen molar-refractivity contribution in [1.82, 2.24) is 0 Å². The molecular weight excluding hydrogens is 267 g/mol. The van der Waals surface area contributed by atoms with Crippen LogP contribution in [0.15, 0.2) is 0 Å². The van der Waals surface area contributed by atoms with Crippen LogP contribution in [-0.2, 0) is 0 Å². The molecule has 0 amide bonds. The molecule has 116 valence electrons. The third kappa shape index (κ3) is 3.54. The summed E-state index contributed by atoms with van der Waals surface area (Å²) in [5.74, 6) is 2.62. The molecule has 0 radical (unpaired) electrons. The monoisotopic (exact) mass is 298 g/mol. The van der Waals surface area contributed by atoms with Crippen molar-refractivity contribution >= 4 is 12.6 Å². The Kier molecular flexibility index (Phi) is 5.34. The van der Waals surface area contributed by atoms with Gasteiger partial charge in [0.05, 0.1) is 0 Å². The van der Waals surface area contributed by atoms with Gasteiger partial charge in [0.2, 0.25) is 0 Å². The van der Waals surface area contributed by atoms with Crippen molar-refractivity contribution in [2.75, 3.05) is 0 Å². The lowest BCUT2D eigenvalue weighted by Gasteiger charge is -2.42. The van der Waals surface area contributed by atoms with E-state index in [1.807, 2.05) is 0 Å². The summed E-state index contributed by atoms with van der Waals surface area (Å²) in [4.78, 5) is 0. The number of alkyl halides is 1. The summed E-state index contributed by atoms with van der Waals surface area (Å²) in [5.41, 5.74) is 0. The first-order valence-corrected chi connectivity index (χ1v) is 9.58. The highest BCUT2D eigenvalue weighted by molar-refractivity contribution is 7.80. The molecule has 3 rings (SSSR count). The maximum atomic E-state index is 14.7. The maximum absolute atomic E-state index is 14.7. The topological polar surface area (TPSA) is 0 Å². The Hall–Kier alpha value is 0.280. The first-order chi connectivity index (χ1) is 9.74. The average molecular weight is 299 g/mol. The highest BCUT2D eigenvalue weighted by Gasteiger charge is 2.39. The molecule has 0 heterocycles. The molecule has 3 aliphatic rings. The molecule has 0 N–H and O–H groups in total. The predicted molar refractivity (Wildman–Crippen MR) is 87.0 cm³/mol. The van der Waals surface area contributed by atoms with Crippen molar-refractivity contribution in [1.29, 1.82) is 0 Å². The Morgan fingerprint density at radius 2 is 1.30 bits per heavy atom. The summed E-state index contributed by atoms with van der Waals surface area (Å²) in [6, 6.07) is 0. The molecule has 0 aromatic heterocycles. The van der Waals surface area contributed by atoms with E-state index in [0.29, 0.717) is 23.0 Å². The van der Waals surface area contributed by atoms with E-state index in [4.69, 9.17) is 0 Å². The van der Waals surface area contributed by atoms with Gasteiger partial charge in [0.25, 0.3) is 0 Å². The van der Waals surface area contributed by atoms with Gasteiger partial charge in [-0.1, -0.05) is 32.1 Å². The van der Waals surface area contributed by atoms with Crippen molar-refractivity contribution < 1.29 is 4.39 Å². The average Bonchev–Trinajstić information content (AvgIpc) is 2.49. The molecule has 0 aliphatic heterocycles. The Labute approximate surface area is 129 Å². The summed E-state index contributed by atoms with van der Waals surface area (Å²) in [6.45, 7) is 0. The van der Waals surface area contributed by atoms with E-state index in [1.165, 1.54) is 70.6 Å². The highest BCUT2D eigenvalue weighted by Crippen LogP contribution is 2.46. The molecule has 0 aromatic carbocycles. The second-order valence-corrected chi connectivity index (χ2v) is 8.45. The van der Waals surface area contributed by atoms with Gasteiger partial charge < -0.3 is 0 Å². The van der Waals surface area contributed by atoms with Gasteiger partial charge in [-0.15, -0.1) is 0 Å². The van der Waals surface area contributed by atoms with Gasteiger partial charge in [-0.2, -0.15) is 12.6 Å². The van der Waals surface area contributed by atoms with Crippen LogP contribution in [0.25, 0.3) is 0 Å². The van der Waals surface area contributed by atoms with Crippen molar-refractivity contribution in [3.05, 3.63) is 0 Å². The van der Waals surface area contributed by atoms with E-state index in [-0.39, 0.29) is 0 Å². The van der Waals surface area contributed by atoms with Crippen molar-refractivity contribution in [2.45, 2.75) is 88.5 Å². The number of thiol groups is 1. The first-order valence-electron chi connectivity index (χ1n) is 9.06. The standard InChI is InChI=1S/C18H31FS/c19-18-12-15(13-4-2-1-3-5-13)8-11-17(18)14-6-9-16(20)10-7-14/h13-18,20H,1-12H2. The zero-order valence-corrected chi connectivity index (χ0v) is 13.7. The summed E-state index contributed by atoms with van der Waals surface area (Å²) in [5, 5.41) is 0.586. The SMILES string of the molecule is FC1CC(C2CCCCC2)CCC1C1CCC(S)CC1. The minimum absolute atomic E-state index is 0.385. The summed E-state index contributed by atoms with van der Waals surface area (Å²) in [7, 11) is 0. The van der Waals surface area contributed by atoms with Crippen LogP contribution in [-0.4, -0.2) is 11.4 Å². The molecule has 3 aliphatic carbocycles. The number of hydrogen-bond donors (Lipinski definition) is 1. The van der Waals surface area contributed by atoms with Gasteiger partial charge in [0.1, 0.15) is 6.17 Å². The van der Waals surface area contributed by atoms with Crippen molar-refractivity contribution in [3.8, 4) is 0 Å². The fourth-order valence-electron chi connectivity index (χ4n) is 5.26. The second kappa shape index (κ2) is 7.03. The van der Waals surface area contributed by atoms with E-state index in [0.717, 1.165) is 12.3 Å². The molecule has 0 nitrogen and oxygen atoms in total. The second-order valence-electron chi connectivity index (χ2n) is 7.72. The lowest BCUT2D eigenvalue weighted by molar-refractivity contribution is 0.0426. The molecular formula is C18H31FS. The van der Waals surface area contributed by atoms with Gasteiger partial charge in [-0.25, -0.2) is 4.39 Å². The van der Waals surface area contributed by atoms with Crippen LogP contribution in [0.1, 0.15) is 77.0 Å². The quantitative estimate of drug-likeness (QED) is 0.611. The van der Waals surface area contributed by atoms with E-state index in [1.54, 1.807) is 0 Å². The maximum Gasteiger partial charge on any atom is 0.103 e. The number of hydrogen-bond acceptors (Lipinski definition) is 1. The third-order valence-corrected chi connectivity index (χ3v) is 7.04. The Morgan fingerprint density at radius 3 is 1.95 bits per heavy atom. The molecule has 3 atom stereocenters. The molecule has 2 heteroatoms. The van der Waals surface area contributed by atoms with Crippen molar-refractivity contribution in [2.24, 2.45) is 23.7 Å². The molecule has 0 bridgehead atoms. The largest absolute Gasteiger partial charge is 0.247 e.